The summed E-state index contributed by atoms with van der Waals surface area (Å²) in [7, 11) is 2.20. The van der Waals surface area contributed by atoms with Gasteiger partial charge in [0, 0.05) is 23.1 Å². The smallest absolute Gasteiger partial charge is 0.185 e. The van der Waals surface area contributed by atoms with E-state index in [1.807, 2.05) is 12.1 Å². The van der Waals surface area contributed by atoms with Crippen LogP contribution in [0.5, 0.6) is 0 Å². The van der Waals surface area contributed by atoms with Crippen LogP contribution in [-0.4, -0.2) is 37.6 Å². The predicted molar refractivity (Wildman–Crippen MR) is 149 cm³/mol. The summed E-state index contributed by atoms with van der Waals surface area (Å²) in [6.45, 7) is 15.5. The highest BCUT2D eigenvalue weighted by atomic mass is 15.1. The minimum atomic E-state index is 0.0517. The molecule has 1 aliphatic rings. The van der Waals surface area contributed by atoms with Crippen molar-refractivity contribution in [1.82, 2.24) is 4.81 Å². The monoisotopic (exact) mass is 449 g/mol. The van der Waals surface area contributed by atoms with Gasteiger partial charge in [-0.3, -0.25) is 0 Å². The van der Waals surface area contributed by atoms with Gasteiger partial charge in [-0.1, -0.05) is 106 Å². The first-order valence-electron chi connectivity index (χ1n) is 12.2. The van der Waals surface area contributed by atoms with Crippen LogP contribution < -0.4 is 5.32 Å². The van der Waals surface area contributed by atoms with Crippen LogP contribution in [0.2, 0.25) is 0 Å². The van der Waals surface area contributed by atoms with Gasteiger partial charge in [-0.05, 0) is 37.1 Å². The molecule has 1 heterocycles. The summed E-state index contributed by atoms with van der Waals surface area (Å²) in [5.41, 5.74) is 7.87. The molecule has 0 aromatic heterocycles. The van der Waals surface area contributed by atoms with Gasteiger partial charge in [0.25, 0.3) is 0 Å². The van der Waals surface area contributed by atoms with Gasteiger partial charge in [0.2, 0.25) is 0 Å². The standard InChI is InChI=1S/C30H36BN3/c1-6-34(31)20-30(4,5)29-26(21(2)3)24-18-13-19-25(28(24)33-29)32-27(22-14-9-7-10-15-22)23-16-11-8-12-17-23/h7-19,26,29,33H,2,6,20,31H2,1,3-5H3/t26-,29+/m0/s1. The lowest BCUT2D eigenvalue weighted by molar-refractivity contribution is 0.227. The van der Waals surface area contributed by atoms with Gasteiger partial charge in [-0.2, -0.15) is 0 Å². The highest BCUT2D eigenvalue weighted by Gasteiger charge is 2.43. The average molecular weight is 449 g/mol. The van der Waals surface area contributed by atoms with Crippen molar-refractivity contribution in [2.24, 2.45) is 10.4 Å². The lowest BCUT2D eigenvalue weighted by Crippen LogP contribution is -2.45. The molecule has 174 valence electrons. The first-order valence-corrected chi connectivity index (χ1v) is 12.2. The largest absolute Gasteiger partial charge is 0.379 e. The molecule has 1 aliphatic heterocycles. The molecule has 0 bridgehead atoms. The van der Waals surface area contributed by atoms with Crippen LogP contribution in [-0.2, 0) is 0 Å². The third-order valence-corrected chi connectivity index (χ3v) is 6.96. The lowest BCUT2D eigenvalue weighted by atomic mass is 9.74. The van der Waals surface area contributed by atoms with E-state index in [2.05, 4.69) is 119 Å². The molecule has 0 fully saturated rings. The molecule has 0 spiro atoms. The number of anilines is 1. The Morgan fingerprint density at radius 2 is 1.56 bits per heavy atom. The second-order valence-electron chi connectivity index (χ2n) is 10.2. The van der Waals surface area contributed by atoms with Crippen molar-refractivity contribution in [1.29, 1.82) is 0 Å². The molecule has 0 saturated carbocycles. The molecule has 34 heavy (non-hydrogen) atoms. The van der Waals surface area contributed by atoms with E-state index in [1.165, 1.54) is 11.1 Å². The van der Waals surface area contributed by atoms with Crippen LogP contribution in [0, 0.1) is 5.41 Å². The zero-order valence-electron chi connectivity index (χ0n) is 21.2. The first-order chi connectivity index (χ1) is 16.3. The van der Waals surface area contributed by atoms with Gasteiger partial charge in [0.15, 0.2) is 7.98 Å². The summed E-state index contributed by atoms with van der Waals surface area (Å²) in [4.78, 5) is 7.66. The minimum absolute atomic E-state index is 0.0517. The van der Waals surface area contributed by atoms with E-state index in [9.17, 15) is 0 Å². The number of nitrogens with one attached hydrogen (secondary N) is 1. The molecule has 4 rings (SSSR count). The summed E-state index contributed by atoms with van der Waals surface area (Å²) in [6, 6.07) is 27.7. The summed E-state index contributed by atoms with van der Waals surface area (Å²) in [5.74, 6) is 0.252. The lowest BCUT2D eigenvalue weighted by Gasteiger charge is -2.39. The van der Waals surface area contributed by atoms with Crippen molar-refractivity contribution in [2.45, 2.75) is 39.7 Å². The molecule has 0 aliphatic carbocycles. The van der Waals surface area contributed by atoms with E-state index < -0.39 is 0 Å². The Labute approximate surface area is 206 Å². The predicted octanol–water partition coefficient (Wildman–Crippen LogP) is 6.21. The zero-order chi connectivity index (χ0) is 24.3. The Balaban J connectivity index is 1.82. The molecule has 3 aromatic carbocycles. The molecule has 2 atom stereocenters. The Bertz CT molecular complexity index is 1130. The molecule has 0 amide bonds. The number of hydrogen-bond acceptors (Lipinski definition) is 3. The van der Waals surface area contributed by atoms with E-state index in [-0.39, 0.29) is 17.4 Å². The Hall–Kier alpha value is -3.11. The van der Waals surface area contributed by atoms with Crippen molar-refractivity contribution in [3.8, 4) is 0 Å². The molecule has 3 nitrogen and oxygen atoms in total. The van der Waals surface area contributed by atoms with Crippen LogP contribution in [0.1, 0.15) is 50.3 Å². The average Bonchev–Trinajstić information content (AvgIpc) is 3.25. The summed E-state index contributed by atoms with van der Waals surface area (Å²) in [6.07, 6.45) is 0. The van der Waals surface area contributed by atoms with Crippen LogP contribution >= 0.6 is 0 Å². The number of para-hydroxylation sites is 1. The molecular formula is C30H36BN3. The SMILES string of the molecule is BN(CC)CC(C)(C)[C@@H]1Nc2c(N=C(c3ccccc3)c3ccccc3)cccc2[C@@H]1C(=C)C. The fourth-order valence-electron chi connectivity index (χ4n) is 5.20. The number of nitrogens with zero attached hydrogens (tertiary/aromatic N) is 2. The summed E-state index contributed by atoms with van der Waals surface area (Å²) >= 11 is 0. The minimum Gasteiger partial charge on any atom is -0.379 e. The van der Waals surface area contributed by atoms with Gasteiger partial charge < -0.3 is 10.1 Å². The molecule has 0 saturated heterocycles. The van der Waals surface area contributed by atoms with Gasteiger partial charge in [-0.15, -0.1) is 0 Å². The van der Waals surface area contributed by atoms with E-state index in [4.69, 9.17) is 4.99 Å². The zero-order valence-corrected chi connectivity index (χ0v) is 21.2. The van der Waals surface area contributed by atoms with Gasteiger partial charge >= 0.3 is 0 Å². The fourth-order valence-corrected chi connectivity index (χ4v) is 5.20. The molecule has 0 unspecified atom stereocenters. The third kappa shape index (κ3) is 4.88. The van der Waals surface area contributed by atoms with Crippen molar-refractivity contribution < 1.29 is 0 Å². The maximum Gasteiger partial charge on any atom is 0.185 e. The molecule has 3 aromatic rings. The summed E-state index contributed by atoms with van der Waals surface area (Å²) in [5, 5.41) is 3.92. The van der Waals surface area contributed by atoms with Crippen LogP contribution in [0.4, 0.5) is 11.4 Å². The quantitative estimate of drug-likeness (QED) is 0.252. The van der Waals surface area contributed by atoms with Crippen molar-refractivity contribution in [3.63, 3.8) is 0 Å². The maximum absolute atomic E-state index is 5.27. The van der Waals surface area contributed by atoms with Crippen LogP contribution in [0.15, 0.2) is 96.0 Å². The Morgan fingerprint density at radius 1 is 0.971 bits per heavy atom. The highest BCUT2D eigenvalue weighted by Crippen LogP contribution is 2.50. The maximum atomic E-state index is 5.27. The number of hydrogen-bond donors (Lipinski definition) is 1. The van der Waals surface area contributed by atoms with Crippen molar-refractivity contribution >= 4 is 25.1 Å². The number of fused-ring (bicyclic) bond motifs is 1. The van der Waals surface area contributed by atoms with E-state index >= 15 is 0 Å². The fraction of sp³-hybridized carbons (Fsp3) is 0.300. The molecule has 4 heteroatoms. The number of rotatable bonds is 8. The van der Waals surface area contributed by atoms with Crippen LogP contribution in [0.25, 0.3) is 0 Å². The van der Waals surface area contributed by atoms with Crippen LogP contribution in [0.3, 0.4) is 0 Å². The molecule has 0 radical (unpaired) electrons. The Kier molecular flexibility index (Phi) is 7.09. The van der Waals surface area contributed by atoms with Crippen molar-refractivity contribution in [2.75, 3.05) is 18.4 Å². The van der Waals surface area contributed by atoms with Gasteiger partial charge in [-0.25, -0.2) is 4.99 Å². The van der Waals surface area contributed by atoms with Crippen molar-refractivity contribution in [3.05, 3.63) is 108 Å². The normalized spacial score (nSPS) is 17.2. The summed E-state index contributed by atoms with van der Waals surface area (Å²) < 4.78 is 0. The Morgan fingerprint density at radius 3 is 2.09 bits per heavy atom. The molecular weight excluding hydrogens is 413 g/mol. The molecule has 1 N–H and O–H groups in total. The first kappa shape index (κ1) is 24.0. The van der Waals surface area contributed by atoms with E-state index in [1.54, 1.807) is 0 Å². The second kappa shape index (κ2) is 10.0. The second-order valence-corrected chi connectivity index (χ2v) is 10.2. The highest BCUT2D eigenvalue weighted by molar-refractivity contribution is 6.14. The number of benzene rings is 3. The van der Waals surface area contributed by atoms with E-state index in [0.717, 1.165) is 41.3 Å². The van der Waals surface area contributed by atoms with Gasteiger partial charge in [0.05, 0.1) is 17.1 Å². The topological polar surface area (TPSA) is 27.6 Å². The third-order valence-electron chi connectivity index (χ3n) is 6.96. The van der Waals surface area contributed by atoms with Gasteiger partial charge in [0.1, 0.15) is 0 Å². The van der Waals surface area contributed by atoms with E-state index in [0.29, 0.717) is 0 Å². The number of aliphatic imine (C=N–C) groups is 1.